The number of anilines is 1. The number of rotatable bonds is 4. The molecule has 0 amide bonds. The van der Waals surface area contributed by atoms with Gasteiger partial charge in [0.15, 0.2) is 0 Å². The summed E-state index contributed by atoms with van der Waals surface area (Å²) in [5, 5.41) is 3.29. The fourth-order valence-electron chi connectivity index (χ4n) is 1.89. The average molecular weight is 282 g/mol. The summed E-state index contributed by atoms with van der Waals surface area (Å²) in [6.07, 6.45) is 1.60. The number of nitrogens with one attached hydrogen (secondary N) is 1. The largest absolute Gasteiger partial charge is 0.370 e. The Labute approximate surface area is 116 Å². The van der Waals surface area contributed by atoms with Crippen LogP contribution in [0, 0.1) is 0 Å². The molecule has 0 bridgehead atoms. The second-order valence-corrected chi connectivity index (χ2v) is 5.99. The van der Waals surface area contributed by atoms with Gasteiger partial charge in [-0.3, -0.25) is 0 Å². The van der Waals surface area contributed by atoms with Gasteiger partial charge >= 0.3 is 0 Å². The highest BCUT2D eigenvalue weighted by atomic mass is 35.5. The summed E-state index contributed by atoms with van der Waals surface area (Å²) in [5.74, 6) is 1.28. The summed E-state index contributed by atoms with van der Waals surface area (Å²) >= 11 is 7.55. The summed E-state index contributed by atoms with van der Waals surface area (Å²) in [5.41, 5.74) is 2.13. The Bertz CT molecular complexity index is 537. The van der Waals surface area contributed by atoms with Crippen LogP contribution in [0.2, 0.25) is 4.34 Å². The summed E-state index contributed by atoms with van der Waals surface area (Å²) in [6, 6.07) is 3.91. The highest BCUT2D eigenvalue weighted by Gasteiger charge is 2.17. The first-order chi connectivity index (χ1) is 8.63. The first kappa shape index (κ1) is 13.3. The number of hydrogen-bond acceptors (Lipinski definition) is 4. The standard InChI is InChI=1S/C13H16ClN3S/c1-4-15-13-11(8(2)3)12(16-7-17-13)9-5-6-10(14)18-9/h5-8H,4H2,1-3H3,(H,15,16,17). The van der Waals surface area contributed by atoms with E-state index in [1.54, 1.807) is 17.7 Å². The van der Waals surface area contributed by atoms with Crippen molar-refractivity contribution in [3.05, 3.63) is 28.4 Å². The van der Waals surface area contributed by atoms with E-state index < -0.39 is 0 Å². The quantitative estimate of drug-likeness (QED) is 0.902. The molecule has 0 aliphatic rings. The van der Waals surface area contributed by atoms with E-state index in [2.05, 4.69) is 36.1 Å². The maximum Gasteiger partial charge on any atom is 0.133 e. The van der Waals surface area contributed by atoms with Gasteiger partial charge in [0.05, 0.1) is 14.9 Å². The van der Waals surface area contributed by atoms with E-state index in [1.165, 1.54) is 0 Å². The summed E-state index contributed by atoms with van der Waals surface area (Å²) < 4.78 is 0.781. The SMILES string of the molecule is CCNc1ncnc(-c2ccc(Cl)s2)c1C(C)C. The number of nitrogens with zero attached hydrogens (tertiary/aromatic N) is 2. The molecule has 96 valence electrons. The van der Waals surface area contributed by atoms with Crippen molar-refractivity contribution in [1.29, 1.82) is 0 Å². The van der Waals surface area contributed by atoms with Crippen molar-refractivity contribution >= 4 is 28.8 Å². The zero-order valence-electron chi connectivity index (χ0n) is 10.7. The van der Waals surface area contributed by atoms with Crippen molar-refractivity contribution < 1.29 is 0 Å². The van der Waals surface area contributed by atoms with Crippen LogP contribution in [0.25, 0.3) is 10.6 Å². The van der Waals surface area contributed by atoms with E-state index in [9.17, 15) is 0 Å². The minimum absolute atomic E-state index is 0.358. The third-order valence-corrected chi connectivity index (χ3v) is 3.85. The zero-order valence-corrected chi connectivity index (χ0v) is 12.3. The lowest BCUT2D eigenvalue weighted by atomic mass is 10.0. The van der Waals surface area contributed by atoms with Gasteiger partial charge in [0.25, 0.3) is 0 Å². The Hall–Kier alpha value is -1.13. The van der Waals surface area contributed by atoms with Crippen molar-refractivity contribution in [3.8, 4) is 10.6 Å². The molecule has 2 aromatic rings. The highest BCUT2D eigenvalue weighted by Crippen LogP contribution is 2.36. The molecule has 0 atom stereocenters. The third-order valence-electron chi connectivity index (χ3n) is 2.61. The van der Waals surface area contributed by atoms with Gasteiger partial charge in [0.2, 0.25) is 0 Å². The van der Waals surface area contributed by atoms with Gasteiger partial charge in [-0.05, 0) is 25.0 Å². The molecule has 5 heteroatoms. The third kappa shape index (κ3) is 2.65. The summed E-state index contributed by atoms with van der Waals surface area (Å²) in [6.45, 7) is 7.21. The maximum absolute atomic E-state index is 6.00. The van der Waals surface area contributed by atoms with Gasteiger partial charge in [-0.15, -0.1) is 11.3 Å². The molecule has 0 saturated heterocycles. The molecule has 18 heavy (non-hydrogen) atoms. The predicted octanol–water partition coefficient (Wildman–Crippen LogP) is 4.41. The van der Waals surface area contributed by atoms with Crippen LogP contribution in [0.3, 0.4) is 0 Å². The fourth-order valence-corrected chi connectivity index (χ4v) is 2.94. The molecule has 0 aliphatic carbocycles. The van der Waals surface area contributed by atoms with Gasteiger partial charge in [-0.2, -0.15) is 0 Å². The second-order valence-electron chi connectivity index (χ2n) is 4.27. The Kier molecular flexibility index (Phi) is 4.19. The van der Waals surface area contributed by atoms with E-state index in [1.807, 2.05) is 12.1 Å². The van der Waals surface area contributed by atoms with E-state index in [0.717, 1.165) is 32.8 Å². The molecule has 0 unspecified atom stereocenters. The van der Waals surface area contributed by atoms with Crippen LogP contribution >= 0.6 is 22.9 Å². The summed E-state index contributed by atoms with van der Waals surface area (Å²) in [7, 11) is 0. The molecule has 0 saturated carbocycles. The van der Waals surface area contributed by atoms with Crippen molar-refractivity contribution in [2.45, 2.75) is 26.7 Å². The van der Waals surface area contributed by atoms with E-state index in [0.29, 0.717) is 5.92 Å². The van der Waals surface area contributed by atoms with Crippen LogP contribution in [0.1, 0.15) is 32.3 Å². The second kappa shape index (κ2) is 5.67. The maximum atomic E-state index is 6.00. The zero-order chi connectivity index (χ0) is 13.1. The molecular weight excluding hydrogens is 266 g/mol. The van der Waals surface area contributed by atoms with Gasteiger partial charge in [0, 0.05) is 12.1 Å². The lowest BCUT2D eigenvalue weighted by Gasteiger charge is -2.15. The topological polar surface area (TPSA) is 37.8 Å². The Morgan fingerprint density at radius 1 is 1.33 bits per heavy atom. The Morgan fingerprint density at radius 3 is 2.67 bits per heavy atom. The number of aromatic nitrogens is 2. The van der Waals surface area contributed by atoms with E-state index in [-0.39, 0.29) is 0 Å². The minimum atomic E-state index is 0.358. The molecule has 3 nitrogen and oxygen atoms in total. The number of hydrogen-bond donors (Lipinski definition) is 1. The molecular formula is C13H16ClN3S. The van der Waals surface area contributed by atoms with Crippen LogP contribution in [0.4, 0.5) is 5.82 Å². The predicted molar refractivity (Wildman–Crippen MR) is 78.6 cm³/mol. The normalized spacial score (nSPS) is 10.9. The van der Waals surface area contributed by atoms with Crippen LogP contribution in [-0.2, 0) is 0 Å². The van der Waals surface area contributed by atoms with E-state index >= 15 is 0 Å². The van der Waals surface area contributed by atoms with Crippen LogP contribution < -0.4 is 5.32 Å². The first-order valence-electron chi connectivity index (χ1n) is 5.98. The number of halogens is 1. The highest BCUT2D eigenvalue weighted by molar-refractivity contribution is 7.19. The van der Waals surface area contributed by atoms with Gasteiger partial charge in [-0.1, -0.05) is 25.4 Å². The van der Waals surface area contributed by atoms with Crippen molar-refractivity contribution in [1.82, 2.24) is 9.97 Å². The number of thiophene rings is 1. The van der Waals surface area contributed by atoms with Crippen molar-refractivity contribution in [2.24, 2.45) is 0 Å². The molecule has 0 spiro atoms. The van der Waals surface area contributed by atoms with Crippen LogP contribution in [0.5, 0.6) is 0 Å². The van der Waals surface area contributed by atoms with E-state index in [4.69, 9.17) is 11.6 Å². The molecule has 0 fully saturated rings. The van der Waals surface area contributed by atoms with Gasteiger partial charge in [-0.25, -0.2) is 9.97 Å². The molecule has 0 radical (unpaired) electrons. The van der Waals surface area contributed by atoms with Crippen molar-refractivity contribution in [3.63, 3.8) is 0 Å². The molecule has 0 aromatic carbocycles. The smallest absolute Gasteiger partial charge is 0.133 e. The minimum Gasteiger partial charge on any atom is -0.370 e. The fraction of sp³-hybridized carbons (Fsp3) is 0.385. The first-order valence-corrected chi connectivity index (χ1v) is 7.17. The van der Waals surface area contributed by atoms with Crippen molar-refractivity contribution in [2.75, 3.05) is 11.9 Å². The van der Waals surface area contributed by atoms with Crippen LogP contribution in [0.15, 0.2) is 18.5 Å². The summed E-state index contributed by atoms with van der Waals surface area (Å²) in [4.78, 5) is 9.85. The monoisotopic (exact) mass is 281 g/mol. The molecule has 0 aliphatic heterocycles. The molecule has 2 aromatic heterocycles. The molecule has 2 rings (SSSR count). The molecule has 1 N–H and O–H groups in total. The Balaban J connectivity index is 2.56. The molecule has 2 heterocycles. The lowest BCUT2D eigenvalue weighted by Crippen LogP contribution is -2.07. The van der Waals surface area contributed by atoms with Gasteiger partial charge in [0.1, 0.15) is 12.1 Å². The lowest BCUT2D eigenvalue weighted by molar-refractivity contribution is 0.850. The van der Waals surface area contributed by atoms with Gasteiger partial charge < -0.3 is 5.32 Å². The Morgan fingerprint density at radius 2 is 2.11 bits per heavy atom. The average Bonchev–Trinajstić information content (AvgIpc) is 2.75. The van der Waals surface area contributed by atoms with Crippen LogP contribution in [-0.4, -0.2) is 16.5 Å².